The largest absolute Gasteiger partial charge is 0.480 e. The molecule has 1 aromatic rings. The minimum atomic E-state index is -0.814. The Labute approximate surface area is 158 Å². The van der Waals surface area contributed by atoms with Gasteiger partial charge in [0.05, 0.1) is 12.2 Å². The molecule has 0 spiro atoms. The normalized spacial score (nSPS) is 21.7. The van der Waals surface area contributed by atoms with Crippen molar-refractivity contribution in [1.29, 1.82) is 0 Å². The molecule has 0 radical (unpaired) electrons. The van der Waals surface area contributed by atoms with E-state index in [1.807, 2.05) is 18.7 Å². The summed E-state index contributed by atoms with van der Waals surface area (Å²) in [5.41, 5.74) is 1.15. The number of carboxylic acid groups (broad SMARTS) is 1. The number of carbonyl (C=O) groups is 2. The molecular formula is C19H28N4O4. The van der Waals surface area contributed by atoms with Gasteiger partial charge < -0.3 is 10.4 Å². The molecular weight excluding hydrogens is 348 g/mol. The van der Waals surface area contributed by atoms with Crippen LogP contribution in [0.15, 0.2) is 4.79 Å². The van der Waals surface area contributed by atoms with E-state index in [-0.39, 0.29) is 30.1 Å². The van der Waals surface area contributed by atoms with E-state index in [1.54, 1.807) is 0 Å². The van der Waals surface area contributed by atoms with Crippen molar-refractivity contribution < 1.29 is 14.7 Å². The number of carboxylic acids is 1. The molecule has 27 heavy (non-hydrogen) atoms. The molecule has 8 heteroatoms. The van der Waals surface area contributed by atoms with E-state index in [2.05, 4.69) is 15.5 Å². The fraction of sp³-hybridized carbons (Fsp3) is 0.684. The fourth-order valence-electron chi connectivity index (χ4n) is 3.85. The van der Waals surface area contributed by atoms with Crippen molar-refractivity contribution in [1.82, 2.24) is 20.4 Å². The number of carbonyl (C=O) groups excluding carboxylic acids is 1. The van der Waals surface area contributed by atoms with Crippen LogP contribution in [0.2, 0.25) is 0 Å². The van der Waals surface area contributed by atoms with E-state index >= 15 is 0 Å². The summed E-state index contributed by atoms with van der Waals surface area (Å²) in [4.78, 5) is 38.0. The average Bonchev–Trinajstić information content (AvgIpc) is 3.40. The van der Waals surface area contributed by atoms with Crippen molar-refractivity contribution in [3.05, 3.63) is 27.2 Å². The van der Waals surface area contributed by atoms with Gasteiger partial charge in [0.2, 0.25) is 0 Å². The summed E-state index contributed by atoms with van der Waals surface area (Å²) < 4.78 is 0. The lowest BCUT2D eigenvalue weighted by Gasteiger charge is -2.42. The minimum Gasteiger partial charge on any atom is -0.480 e. The van der Waals surface area contributed by atoms with Crippen LogP contribution in [-0.4, -0.2) is 57.3 Å². The summed E-state index contributed by atoms with van der Waals surface area (Å²) in [5.74, 6) is -0.556. The summed E-state index contributed by atoms with van der Waals surface area (Å²) >= 11 is 0. The standard InChI is InChI=1S/C19H28N4O4/c1-3-14-15(4-2)21-22-19(27)17(14)18(26)20-12-7-13(8-12)23(10-16(24)25)9-11-5-6-11/h11-13H,3-10H2,1-2H3,(H,20,26)(H,22,27)(H,24,25). The number of hydrogen-bond donors (Lipinski definition) is 3. The second-order valence-corrected chi connectivity index (χ2v) is 7.62. The number of aliphatic carboxylic acids is 1. The molecule has 0 saturated heterocycles. The van der Waals surface area contributed by atoms with Gasteiger partial charge in [-0.2, -0.15) is 5.10 Å². The number of aromatic amines is 1. The molecule has 8 nitrogen and oxygen atoms in total. The summed E-state index contributed by atoms with van der Waals surface area (Å²) in [7, 11) is 0. The first kappa shape index (κ1) is 19.5. The third kappa shape index (κ3) is 4.55. The molecule has 2 saturated carbocycles. The van der Waals surface area contributed by atoms with Gasteiger partial charge >= 0.3 is 5.97 Å². The fourth-order valence-corrected chi connectivity index (χ4v) is 3.85. The van der Waals surface area contributed by atoms with Gasteiger partial charge in [-0.25, -0.2) is 5.10 Å². The topological polar surface area (TPSA) is 115 Å². The molecule has 1 heterocycles. The monoisotopic (exact) mass is 376 g/mol. The van der Waals surface area contributed by atoms with Crippen molar-refractivity contribution >= 4 is 11.9 Å². The first-order valence-electron chi connectivity index (χ1n) is 9.80. The number of H-pyrrole nitrogens is 1. The first-order valence-corrected chi connectivity index (χ1v) is 9.80. The molecule has 3 N–H and O–H groups in total. The van der Waals surface area contributed by atoms with Gasteiger partial charge in [0.15, 0.2) is 0 Å². The SMILES string of the molecule is CCc1n[nH]c(=O)c(C(=O)NC2CC(N(CC(=O)O)CC3CC3)C2)c1CC. The zero-order valence-electron chi connectivity index (χ0n) is 16.0. The van der Waals surface area contributed by atoms with Crippen LogP contribution in [-0.2, 0) is 17.6 Å². The highest BCUT2D eigenvalue weighted by molar-refractivity contribution is 5.95. The Morgan fingerprint density at radius 3 is 2.52 bits per heavy atom. The van der Waals surface area contributed by atoms with Crippen molar-refractivity contribution in [3.8, 4) is 0 Å². The van der Waals surface area contributed by atoms with Gasteiger partial charge in [0, 0.05) is 18.6 Å². The van der Waals surface area contributed by atoms with Crippen molar-refractivity contribution in [2.75, 3.05) is 13.1 Å². The lowest BCUT2D eigenvalue weighted by atomic mass is 9.85. The smallest absolute Gasteiger partial charge is 0.317 e. The highest BCUT2D eigenvalue weighted by Gasteiger charge is 2.38. The van der Waals surface area contributed by atoms with Crippen LogP contribution in [0.3, 0.4) is 0 Å². The number of aromatic nitrogens is 2. The molecule has 1 amide bonds. The maximum atomic E-state index is 12.7. The minimum absolute atomic E-state index is 0.0275. The van der Waals surface area contributed by atoms with E-state index in [1.165, 1.54) is 12.8 Å². The van der Waals surface area contributed by atoms with Gasteiger partial charge in [-0.1, -0.05) is 13.8 Å². The number of amides is 1. The lowest BCUT2D eigenvalue weighted by molar-refractivity contribution is -0.139. The zero-order valence-corrected chi connectivity index (χ0v) is 16.0. The van der Waals surface area contributed by atoms with Crippen LogP contribution >= 0.6 is 0 Å². The summed E-state index contributed by atoms with van der Waals surface area (Å²) in [6.45, 7) is 4.72. The van der Waals surface area contributed by atoms with Crippen molar-refractivity contribution in [3.63, 3.8) is 0 Å². The molecule has 2 aliphatic rings. The second-order valence-electron chi connectivity index (χ2n) is 7.62. The zero-order chi connectivity index (χ0) is 19.6. The molecule has 0 atom stereocenters. The van der Waals surface area contributed by atoms with Gasteiger partial charge in [0.25, 0.3) is 11.5 Å². The lowest BCUT2D eigenvalue weighted by Crippen LogP contribution is -2.55. The summed E-state index contributed by atoms with van der Waals surface area (Å²) in [6.07, 6.45) is 5.01. The Bertz CT molecular complexity index is 765. The number of aryl methyl sites for hydroxylation is 1. The Kier molecular flexibility index (Phi) is 5.94. The maximum absolute atomic E-state index is 12.7. The van der Waals surface area contributed by atoms with Gasteiger partial charge in [0.1, 0.15) is 5.56 Å². The molecule has 0 aromatic carbocycles. The quantitative estimate of drug-likeness (QED) is 0.591. The third-order valence-corrected chi connectivity index (χ3v) is 5.58. The predicted octanol–water partition coefficient (Wildman–Crippen LogP) is 0.952. The number of nitrogens with zero attached hydrogens (tertiary/aromatic N) is 2. The third-order valence-electron chi connectivity index (χ3n) is 5.58. The molecule has 2 aliphatic carbocycles. The van der Waals surface area contributed by atoms with E-state index < -0.39 is 11.5 Å². The van der Waals surface area contributed by atoms with Crippen LogP contribution in [0.5, 0.6) is 0 Å². The first-order chi connectivity index (χ1) is 12.9. The Morgan fingerprint density at radius 1 is 1.26 bits per heavy atom. The Hall–Kier alpha value is -2.22. The maximum Gasteiger partial charge on any atom is 0.317 e. The Balaban J connectivity index is 1.62. The second kappa shape index (κ2) is 8.21. The van der Waals surface area contributed by atoms with E-state index in [0.717, 1.165) is 25.1 Å². The molecule has 0 aliphatic heterocycles. The number of rotatable bonds is 9. The van der Waals surface area contributed by atoms with Crippen LogP contribution in [0, 0.1) is 5.92 Å². The van der Waals surface area contributed by atoms with Crippen LogP contribution < -0.4 is 10.9 Å². The highest BCUT2D eigenvalue weighted by atomic mass is 16.4. The highest BCUT2D eigenvalue weighted by Crippen LogP contribution is 2.33. The summed E-state index contributed by atoms with van der Waals surface area (Å²) in [6, 6.07) is 0.153. The van der Waals surface area contributed by atoms with E-state index in [0.29, 0.717) is 24.3 Å². The molecule has 1 aromatic heterocycles. The van der Waals surface area contributed by atoms with Crippen LogP contribution in [0.25, 0.3) is 0 Å². The molecule has 0 bridgehead atoms. The van der Waals surface area contributed by atoms with E-state index in [4.69, 9.17) is 5.11 Å². The number of nitrogens with one attached hydrogen (secondary N) is 2. The predicted molar refractivity (Wildman–Crippen MR) is 99.8 cm³/mol. The molecule has 148 valence electrons. The van der Waals surface area contributed by atoms with Crippen molar-refractivity contribution in [2.24, 2.45) is 5.92 Å². The Morgan fingerprint density at radius 2 is 1.96 bits per heavy atom. The van der Waals surface area contributed by atoms with Gasteiger partial charge in [-0.15, -0.1) is 0 Å². The van der Waals surface area contributed by atoms with Crippen molar-refractivity contribution in [2.45, 2.75) is 64.5 Å². The molecule has 2 fully saturated rings. The summed E-state index contributed by atoms with van der Waals surface area (Å²) in [5, 5.41) is 18.5. The van der Waals surface area contributed by atoms with E-state index in [9.17, 15) is 14.4 Å². The molecule has 0 unspecified atom stereocenters. The molecule has 3 rings (SSSR count). The van der Waals surface area contributed by atoms with Gasteiger partial charge in [-0.3, -0.25) is 19.3 Å². The van der Waals surface area contributed by atoms with Crippen LogP contribution in [0.4, 0.5) is 0 Å². The van der Waals surface area contributed by atoms with Crippen LogP contribution in [0.1, 0.15) is 61.1 Å². The number of hydrogen-bond acceptors (Lipinski definition) is 5. The average molecular weight is 376 g/mol. The van der Waals surface area contributed by atoms with Gasteiger partial charge in [-0.05, 0) is 50.0 Å².